The Hall–Kier alpha value is -4.66. The third kappa shape index (κ3) is 8.81. The zero-order chi connectivity index (χ0) is 26.5. The van der Waals surface area contributed by atoms with Gasteiger partial charge in [0.2, 0.25) is 0 Å². The van der Waals surface area contributed by atoms with Gasteiger partial charge >= 0.3 is 11.8 Å². The molecule has 3 N–H and O–H groups in total. The maximum absolute atomic E-state index is 12.2. The van der Waals surface area contributed by atoms with Gasteiger partial charge in [-0.15, -0.1) is 0 Å². The van der Waals surface area contributed by atoms with Gasteiger partial charge in [-0.3, -0.25) is 14.4 Å². The minimum absolute atomic E-state index is 0.134. The number of hydrazone groups is 1. The van der Waals surface area contributed by atoms with E-state index >= 15 is 0 Å². The molecule has 0 aliphatic heterocycles. The van der Waals surface area contributed by atoms with Crippen LogP contribution in [-0.4, -0.2) is 37.1 Å². The third-order valence-electron chi connectivity index (χ3n) is 5.09. The van der Waals surface area contributed by atoms with Crippen LogP contribution in [-0.2, 0) is 20.8 Å². The molecule has 3 amide bonds. The topological polar surface area (TPSA) is 118 Å². The fourth-order valence-corrected chi connectivity index (χ4v) is 3.19. The van der Waals surface area contributed by atoms with Crippen LogP contribution in [0, 0.1) is 0 Å². The second-order valence-electron chi connectivity index (χ2n) is 7.94. The maximum Gasteiger partial charge on any atom is 0.329 e. The Morgan fingerprint density at radius 3 is 2.19 bits per heavy atom. The van der Waals surface area contributed by atoms with Gasteiger partial charge < -0.3 is 20.1 Å². The summed E-state index contributed by atoms with van der Waals surface area (Å²) in [5.74, 6) is -0.814. The van der Waals surface area contributed by atoms with Gasteiger partial charge in [0.25, 0.3) is 5.91 Å². The summed E-state index contributed by atoms with van der Waals surface area (Å²) in [4.78, 5) is 36.3. The number of benzene rings is 3. The fraction of sp³-hybridized carbons (Fsp3) is 0.214. The molecule has 0 fully saturated rings. The zero-order valence-electron chi connectivity index (χ0n) is 20.8. The molecule has 192 valence electrons. The van der Waals surface area contributed by atoms with Crippen LogP contribution < -0.4 is 25.5 Å². The highest BCUT2D eigenvalue weighted by Gasteiger charge is 2.13. The lowest BCUT2D eigenvalue weighted by Crippen LogP contribution is -2.32. The minimum Gasteiger partial charge on any atom is -0.494 e. The van der Waals surface area contributed by atoms with Gasteiger partial charge in [-0.05, 0) is 78.6 Å². The number of nitrogens with zero attached hydrogens (tertiary/aromatic N) is 1. The van der Waals surface area contributed by atoms with Crippen molar-refractivity contribution in [2.24, 2.45) is 5.10 Å². The third-order valence-corrected chi connectivity index (χ3v) is 5.09. The first-order valence-electron chi connectivity index (χ1n) is 12.0. The Kier molecular flexibility index (Phi) is 10.2. The predicted molar refractivity (Wildman–Crippen MR) is 143 cm³/mol. The molecule has 0 aliphatic rings. The van der Waals surface area contributed by atoms with Gasteiger partial charge in [0.1, 0.15) is 11.5 Å². The largest absolute Gasteiger partial charge is 0.494 e. The Balaban J connectivity index is 1.41. The van der Waals surface area contributed by atoms with Crippen LogP contribution in [0.5, 0.6) is 11.5 Å². The normalized spacial score (nSPS) is 10.5. The molecule has 0 radical (unpaired) electrons. The number of para-hydroxylation sites is 1. The SMILES string of the molecule is CCCOc1ccc(NC(=O)C(=O)N/N=C\c2ccc(OCC(=O)Nc3ccccc3CC)cc2)cc1. The van der Waals surface area contributed by atoms with Crippen molar-refractivity contribution in [3.8, 4) is 11.5 Å². The summed E-state index contributed by atoms with van der Waals surface area (Å²) in [6.45, 7) is 4.51. The van der Waals surface area contributed by atoms with Crippen LogP contribution in [0.15, 0.2) is 77.9 Å². The van der Waals surface area contributed by atoms with E-state index in [-0.39, 0.29) is 12.5 Å². The lowest BCUT2D eigenvalue weighted by molar-refractivity contribution is -0.136. The first kappa shape index (κ1) is 26.9. The summed E-state index contributed by atoms with van der Waals surface area (Å²) in [7, 11) is 0. The molecule has 0 saturated heterocycles. The zero-order valence-corrected chi connectivity index (χ0v) is 20.8. The molecule has 37 heavy (non-hydrogen) atoms. The lowest BCUT2D eigenvalue weighted by atomic mass is 10.1. The van der Waals surface area contributed by atoms with E-state index in [2.05, 4.69) is 21.2 Å². The Bertz CT molecular complexity index is 1220. The Morgan fingerprint density at radius 1 is 0.811 bits per heavy atom. The Morgan fingerprint density at radius 2 is 1.49 bits per heavy atom. The number of amides is 3. The summed E-state index contributed by atoms with van der Waals surface area (Å²) in [6, 6.07) is 21.1. The molecular formula is C28H30N4O5. The van der Waals surface area contributed by atoms with Gasteiger partial charge in [0, 0.05) is 11.4 Å². The maximum atomic E-state index is 12.2. The number of carbonyl (C=O) groups excluding carboxylic acids is 3. The molecular weight excluding hydrogens is 472 g/mol. The van der Waals surface area contributed by atoms with Crippen molar-refractivity contribution in [3.05, 3.63) is 83.9 Å². The molecule has 0 spiro atoms. The van der Waals surface area contributed by atoms with Gasteiger partial charge in [0.15, 0.2) is 6.61 Å². The van der Waals surface area contributed by atoms with Gasteiger partial charge in [0.05, 0.1) is 12.8 Å². The smallest absolute Gasteiger partial charge is 0.329 e. The van der Waals surface area contributed by atoms with Crippen molar-refractivity contribution in [1.29, 1.82) is 0 Å². The highest BCUT2D eigenvalue weighted by atomic mass is 16.5. The fourth-order valence-electron chi connectivity index (χ4n) is 3.19. The van der Waals surface area contributed by atoms with E-state index < -0.39 is 11.8 Å². The van der Waals surface area contributed by atoms with Crippen molar-refractivity contribution in [2.45, 2.75) is 26.7 Å². The number of aryl methyl sites for hydroxylation is 1. The summed E-state index contributed by atoms with van der Waals surface area (Å²) < 4.78 is 11.0. The van der Waals surface area contributed by atoms with Gasteiger partial charge in [-0.25, -0.2) is 5.43 Å². The van der Waals surface area contributed by atoms with E-state index in [1.54, 1.807) is 48.5 Å². The molecule has 3 aromatic carbocycles. The van der Waals surface area contributed by atoms with Gasteiger partial charge in [-0.1, -0.05) is 32.0 Å². The number of ether oxygens (including phenoxy) is 2. The molecule has 3 rings (SSSR count). The average Bonchev–Trinajstić information content (AvgIpc) is 2.92. The standard InChI is InChI=1S/C28H30N4O5/c1-3-17-36-23-15-11-22(12-16-23)30-27(34)28(35)32-29-18-20-9-13-24(14-10-20)37-19-26(33)31-25-8-6-5-7-21(25)4-2/h5-16,18H,3-4,17,19H2,1-2H3,(H,30,34)(H,31,33)(H,32,35)/b29-18-. The summed E-state index contributed by atoms with van der Waals surface area (Å²) in [5.41, 5.74) is 5.14. The molecule has 0 aromatic heterocycles. The highest BCUT2D eigenvalue weighted by Crippen LogP contribution is 2.17. The number of rotatable bonds is 11. The summed E-state index contributed by atoms with van der Waals surface area (Å²) in [5, 5.41) is 9.16. The minimum atomic E-state index is -0.904. The van der Waals surface area contributed by atoms with Crippen LogP contribution in [0.1, 0.15) is 31.4 Å². The van der Waals surface area contributed by atoms with Gasteiger partial charge in [-0.2, -0.15) is 5.10 Å². The van der Waals surface area contributed by atoms with E-state index in [1.165, 1.54) is 6.21 Å². The first-order valence-corrected chi connectivity index (χ1v) is 12.0. The molecule has 9 heteroatoms. The monoisotopic (exact) mass is 502 g/mol. The summed E-state index contributed by atoms with van der Waals surface area (Å²) >= 11 is 0. The second kappa shape index (κ2) is 14.0. The molecule has 3 aromatic rings. The molecule has 0 heterocycles. The second-order valence-corrected chi connectivity index (χ2v) is 7.94. The van der Waals surface area contributed by atoms with Crippen molar-refractivity contribution in [3.63, 3.8) is 0 Å². The number of hydrogen-bond acceptors (Lipinski definition) is 6. The summed E-state index contributed by atoms with van der Waals surface area (Å²) in [6.07, 6.45) is 3.10. The van der Waals surface area contributed by atoms with E-state index in [4.69, 9.17) is 9.47 Å². The van der Waals surface area contributed by atoms with E-state index in [0.29, 0.717) is 29.4 Å². The number of hydrogen-bond donors (Lipinski definition) is 3. The quantitative estimate of drug-likeness (QED) is 0.207. The van der Waals surface area contributed by atoms with E-state index in [9.17, 15) is 14.4 Å². The lowest BCUT2D eigenvalue weighted by Gasteiger charge is -2.10. The number of carbonyl (C=O) groups is 3. The van der Waals surface area contributed by atoms with Crippen LogP contribution in [0.25, 0.3) is 0 Å². The molecule has 0 atom stereocenters. The predicted octanol–water partition coefficient (Wildman–Crippen LogP) is 4.14. The van der Waals surface area contributed by atoms with Crippen molar-refractivity contribution >= 4 is 35.3 Å². The molecule has 9 nitrogen and oxygen atoms in total. The van der Waals surface area contributed by atoms with Crippen LogP contribution in [0.3, 0.4) is 0 Å². The number of nitrogens with one attached hydrogen (secondary N) is 3. The van der Waals surface area contributed by atoms with E-state index in [0.717, 1.165) is 24.1 Å². The Labute approximate surface area is 215 Å². The molecule has 0 aliphatic carbocycles. The van der Waals surface area contributed by atoms with Crippen LogP contribution in [0.2, 0.25) is 0 Å². The first-order chi connectivity index (χ1) is 18.0. The van der Waals surface area contributed by atoms with Crippen molar-refractivity contribution in [2.75, 3.05) is 23.8 Å². The number of anilines is 2. The van der Waals surface area contributed by atoms with E-state index in [1.807, 2.05) is 38.1 Å². The molecule has 0 unspecified atom stereocenters. The average molecular weight is 503 g/mol. The van der Waals surface area contributed by atoms with Crippen molar-refractivity contribution < 1.29 is 23.9 Å². The van der Waals surface area contributed by atoms with Crippen LogP contribution >= 0.6 is 0 Å². The molecule has 0 saturated carbocycles. The van der Waals surface area contributed by atoms with Crippen molar-refractivity contribution in [1.82, 2.24) is 5.43 Å². The molecule has 0 bridgehead atoms. The highest BCUT2D eigenvalue weighted by molar-refractivity contribution is 6.39. The van der Waals surface area contributed by atoms with Crippen LogP contribution in [0.4, 0.5) is 11.4 Å².